The normalized spacial score (nSPS) is 11.6. The fourth-order valence-corrected chi connectivity index (χ4v) is 8.67. The standard InChI is InChI=1S/C9H20GeO/c1-5-10(6-2,7-3)9(4)8-11/h11H,4-8H2,1-3H3. The number of hydrogen-bond donors (Lipinski definition) is 1. The van der Waals surface area contributed by atoms with Gasteiger partial charge >= 0.3 is 72.5 Å². The third kappa shape index (κ3) is 2.34. The van der Waals surface area contributed by atoms with Crippen molar-refractivity contribution in [2.75, 3.05) is 6.61 Å². The maximum atomic E-state index is 9.01. The molecular weight excluding hydrogens is 197 g/mol. The van der Waals surface area contributed by atoms with E-state index >= 15 is 0 Å². The van der Waals surface area contributed by atoms with Crippen molar-refractivity contribution in [1.82, 2.24) is 0 Å². The van der Waals surface area contributed by atoms with Gasteiger partial charge in [0.1, 0.15) is 0 Å². The molecule has 0 aromatic heterocycles. The molecule has 0 aliphatic heterocycles. The first-order valence-electron chi connectivity index (χ1n) is 4.46. The molecule has 0 saturated carbocycles. The zero-order valence-electron chi connectivity index (χ0n) is 7.98. The molecule has 0 aliphatic carbocycles. The second-order valence-corrected chi connectivity index (χ2v) is 14.4. The van der Waals surface area contributed by atoms with Crippen LogP contribution in [-0.2, 0) is 0 Å². The van der Waals surface area contributed by atoms with Crippen LogP contribution in [0.3, 0.4) is 0 Å². The first-order valence-corrected chi connectivity index (χ1v) is 9.96. The average molecular weight is 217 g/mol. The van der Waals surface area contributed by atoms with Crippen molar-refractivity contribution in [2.45, 2.75) is 36.5 Å². The molecule has 11 heavy (non-hydrogen) atoms. The molecule has 0 amide bonds. The molecule has 0 heterocycles. The molecule has 0 aromatic rings. The van der Waals surface area contributed by atoms with Gasteiger partial charge < -0.3 is 0 Å². The molecule has 0 radical (unpaired) electrons. The van der Waals surface area contributed by atoms with Crippen LogP contribution in [0.25, 0.3) is 0 Å². The molecule has 0 atom stereocenters. The van der Waals surface area contributed by atoms with Crippen molar-refractivity contribution < 1.29 is 5.11 Å². The molecule has 66 valence electrons. The summed E-state index contributed by atoms with van der Waals surface area (Å²) in [5, 5.41) is 12.8. The summed E-state index contributed by atoms with van der Waals surface area (Å²) in [6.45, 7) is 10.9. The minimum absolute atomic E-state index is 0.218. The Bertz CT molecular complexity index is 119. The summed E-state index contributed by atoms with van der Waals surface area (Å²) < 4.78 is 1.18. The van der Waals surface area contributed by atoms with Crippen LogP contribution in [-0.4, -0.2) is 25.0 Å². The van der Waals surface area contributed by atoms with Gasteiger partial charge in [-0.05, 0) is 0 Å². The van der Waals surface area contributed by atoms with Gasteiger partial charge in [0.15, 0.2) is 0 Å². The van der Waals surface area contributed by atoms with E-state index in [-0.39, 0.29) is 6.61 Å². The summed E-state index contributed by atoms with van der Waals surface area (Å²) in [5.74, 6) is 0. The number of hydrogen-bond acceptors (Lipinski definition) is 1. The van der Waals surface area contributed by atoms with Crippen molar-refractivity contribution in [3.8, 4) is 0 Å². The summed E-state index contributed by atoms with van der Waals surface area (Å²) in [5.41, 5.74) is 0. The predicted octanol–water partition coefficient (Wildman–Crippen LogP) is 2.58. The van der Waals surface area contributed by atoms with Gasteiger partial charge in [-0.3, -0.25) is 0 Å². The summed E-state index contributed by atoms with van der Waals surface area (Å²) >= 11 is -1.77. The van der Waals surface area contributed by atoms with Crippen LogP contribution in [0.2, 0.25) is 15.8 Å². The van der Waals surface area contributed by atoms with Gasteiger partial charge in [0.25, 0.3) is 0 Å². The zero-order chi connectivity index (χ0) is 8.91. The van der Waals surface area contributed by atoms with Crippen molar-refractivity contribution >= 4 is 13.3 Å². The van der Waals surface area contributed by atoms with Crippen molar-refractivity contribution in [3.05, 3.63) is 11.0 Å². The molecule has 0 saturated heterocycles. The maximum absolute atomic E-state index is 9.01. The molecule has 2 heteroatoms. The summed E-state index contributed by atoms with van der Waals surface area (Å²) in [6, 6.07) is 0. The van der Waals surface area contributed by atoms with Crippen molar-refractivity contribution in [1.29, 1.82) is 0 Å². The van der Waals surface area contributed by atoms with Gasteiger partial charge in [-0.2, -0.15) is 0 Å². The first-order chi connectivity index (χ1) is 5.16. The van der Waals surface area contributed by atoms with Gasteiger partial charge in [0.05, 0.1) is 0 Å². The van der Waals surface area contributed by atoms with Crippen LogP contribution in [0.1, 0.15) is 20.8 Å². The fourth-order valence-electron chi connectivity index (χ4n) is 1.67. The van der Waals surface area contributed by atoms with Gasteiger partial charge in [0, 0.05) is 0 Å². The van der Waals surface area contributed by atoms with Crippen molar-refractivity contribution in [2.24, 2.45) is 0 Å². The first kappa shape index (κ1) is 11.2. The summed E-state index contributed by atoms with van der Waals surface area (Å²) in [4.78, 5) is 0. The predicted molar refractivity (Wildman–Crippen MR) is 53.4 cm³/mol. The van der Waals surface area contributed by atoms with Crippen molar-refractivity contribution in [3.63, 3.8) is 0 Å². The SMILES string of the molecule is C=[C](CO)[Ge]([CH2]C)([CH2]C)[CH2]C. The Morgan fingerprint density at radius 3 is 1.64 bits per heavy atom. The Morgan fingerprint density at radius 2 is 1.55 bits per heavy atom. The molecule has 0 bridgehead atoms. The second-order valence-electron chi connectivity index (χ2n) is 3.10. The molecule has 1 nitrogen and oxygen atoms in total. The molecule has 0 rings (SSSR count). The molecular formula is C9H20GeO. The topological polar surface area (TPSA) is 20.2 Å². The molecule has 1 N–H and O–H groups in total. The van der Waals surface area contributed by atoms with Gasteiger partial charge in [-0.25, -0.2) is 0 Å². The van der Waals surface area contributed by atoms with E-state index in [1.807, 2.05) is 0 Å². The Labute approximate surface area is 72.9 Å². The Hall–Kier alpha value is 0.243. The number of rotatable bonds is 5. The molecule has 0 aromatic carbocycles. The average Bonchev–Trinajstić information content (AvgIpc) is 2.08. The quantitative estimate of drug-likeness (QED) is 0.701. The van der Waals surface area contributed by atoms with Gasteiger partial charge in [-0.15, -0.1) is 0 Å². The molecule has 0 aliphatic rings. The van der Waals surface area contributed by atoms with E-state index in [1.54, 1.807) is 0 Å². The Morgan fingerprint density at radius 1 is 1.18 bits per heavy atom. The number of aliphatic hydroxyl groups is 1. The van der Waals surface area contributed by atoms with Crippen LogP contribution >= 0.6 is 0 Å². The third-order valence-corrected chi connectivity index (χ3v) is 15.0. The van der Waals surface area contributed by atoms with E-state index in [1.165, 1.54) is 20.2 Å². The van der Waals surface area contributed by atoms with E-state index in [9.17, 15) is 0 Å². The van der Waals surface area contributed by atoms with Crippen LogP contribution in [0.4, 0.5) is 0 Å². The molecule has 0 fully saturated rings. The van der Waals surface area contributed by atoms with E-state index in [4.69, 9.17) is 5.11 Å². The van der Waals surface area contributed by atoms with Gasteiger partial charge in [-0.1, -0.05) is 0 Å². The van der Waals surface area contributed by atoms with Gasteiger partial charge in [0.2, 0.25) is 0 Å². The second kappa shape index (κ2) is 4.99. The monoisotopic (exact) mass is 218 g/mol. The fraction of sp³-hybridized carbons (Fsp3) is 0.778. The van der Waals surface area contributed by atoms with E-state index in [2.05, 4.69) is 27.4 Å². The van der Waals surface area contributed by atoms with E-state index in [0.29, 0.717) is 0 Å². The van der Waals surface area contributed by atoms with Crippen LogP contribution in [0.15, 0.2) is 11.0 Å². The van der Waals surface area contributed by atoms with Crippen LogP contribution in [0, 0.1) is 0 Å². The number of aliphatic hydroxyl groups excluding tert-OH is 1. The third-order valence-electron chi connectivity index (χ3n) is 2.97. The van der Waals surface area contributed by atoms with Crippen LogP contribution < -0.4 is 0 Å². The zero-order valence-corrected chi connectivity index (χ0v) is 10.1. The Kier molecular flexibility index (Phi) is 5.10. The van der Waals surface area contributed by atoms with E-state index < -0.39 is 13.3 Å². The Balaban J connectivity index is 4.39. The van der Waals surface area contributed by atoms with Crippen LogP contribution in [0.5, 0.6) is 0 Å². The minimum atomic E-state index is -1.77. The summed E-state index contributed by atoms with van der Waals surface area (Å²) in [7, 11) is 0. The summed E-state index contributed by atoms with van der Waals surface area (Å²) in [6.07, 6.45) is 0. The molecule has 0 unspecified atom stereocenters. The molecule has 0 spiro atoms. The van der Waals surface area contributed by atoms with E-state index in [0.717, 1.165) is 0 Å².